The molecule has 1 fully saturated rings. The maximum atomic E-state index is 13.1. The summed E-state index contributed by atoms with van der Waals surface area (Å²) >= 11 is 0. The Balaban J connectivity index is 1.31. The molecule has 0 saturated carbocycles. The molecule has 0 radical (unpaired) electrons. The number of sulfonamides is 1. The summed E-state index contributed by atoms with van der Waals surface area (Å²) in [6.45, 7) is 4.16. The van der Waals surface area contributed by atoms with E-state index in [-0.39, 0.29) is 18.5 Å². The zero-order valence-corrected chi connectivity index (χ0v) is 18.9. The van der Waals surface area contributed by atoms with Crippen molar-refractivity contribution in [2.24, 2.45) is 0 Å². The van der Waals surface area contributed by atoms with Gasteiger partial charge in [-0.15, -0.1) is 0 Å². The van der Waals surface area contributed by atoms with E-state index in [0.717, 1.165) is 24.8 Å². The third-order valence-electron chi connectivity index (χ3n) is 6.33. The Morgan fingerprint density at radius 2 is 1.65 bits per heavy atom. The van der Waals surface area contributed by atoms with Crippen molar-refractivity contribution in [1.29, 1.82) is 0 Å². The summed E-state index contributed by atoms with van der Waals surface area (Å²) in [7, 11) is -3.50. The molecule has 7 heteroatoms. The lowest BCUT2D eigenvalue weighted by atomic mass is 9.92. The monoisotopic (exact) mass is 441 g/mol. The Morgan fingerprint density at radius 3 is 2.35 bits per heavy atom. The van der Waals surface area contributed by atoms with E-state index in [2.05, 4.69) is 5.32 Å². The average Bonchev–Trinajstić information content (AvgIpc) is 2.79. The third-order valence-corrected chi connectivity index (χ3v) is 8.23. The van der Waals surface area contributed by atoms with Crippen LogP contribution in [-0.4, -0.2) is 56.3 Å². The fourth-order valence-corrected chi connectivity index (χ4v) is 5.94. The summed E-state index contributed by atoms with van der Waals surface area (Å²) in [6.07, 6.45) is 4.31. The van der Waals surface area contributed by atoms with E-state index in [1.54, 1.807) is 10.4 Å². The first-order chi connectivity index (χ1) is 14.9. The molecule has 1 atom stereocenters. The Labute approximate surface area is 185 Å². The fraction of sp³-hybridized carbons (Fsp3) is 0.458. The maximum absolute atomic E-state index is 13.1. The van der Waals surface area contributed by atoms with Crippen LogP contribution >= 0.6 is 0 Å². The van der Waals surface area contributed by atoms with Crippen LogP contribution in [0.5, 0.6) is 0 Å². The molecule has 4 rings (SSSR count). The summed E-state index contributed by atoms with van der Waals surface area (Å²) in [4.78, 5) is 14.9. The lowest BCUT2D eigenvalue weighted by Gasteiger charge is -2.34. The van der Waals surface area contributed by atoms with E-state index in [9.17, 15) is 13.2 Å². The highest BCUT2D eigenvalue weighted by Crippen LogP contribution is 2.26. The molecular formula is C24H31N3O3S. The zero-order valence-electron chi connectivity index (χ0n) is 18.1. The quantitative estimate of drug-likeness (QED) is 0.748. The van der Waals surface area contributed by atoms with Gasteiger partial charge in [-0.1, -0.05) is 36.4 Å². The largest absolute Gasteiger partial charge is 0.348 e. The number of amides is 1. The lowest BCUT2D eigenvalue weighted by molar-refractivity contribution is -0.123. The molecule has 2 aromatic rings. The minimum absolute atomic E-state index is 0.0395. The van der Waals surface area contributed by atoms with Gasteiger partial charge in [0.25, 0.3) is 0 Å². The molecule has 2 aromatic carbocycles. The second kappa shape index (κ2) is 9.51. The van der Waals surface area contributed by atoms with Crippen molar-refractivity contribution in [3.05, 3.63) is 65.2 Å². The Morgan fingerprint density at radius 1 is 0.968 bits per heavy atom. The molecule has 1 aliphatic carbocycles. The van der Waals surface area contributed by atoms with E-state index in [1.807, 2.05) is 54.3 Å². The number of fused-ring (bicyclic) bond motifs is 1. The predicted octanol–water partition coefficient (Wildman–Crippen LogP) is 2.75. The van der Waals surface area contributed by atoms with Crippen molar-refractivity contribution in [3.8, 4) is 0 Å². The van der Waals surface area contributed by atoms with Crippen LogP contribution in [0.4, 0.5) is 0 Å². The number of carbonyl (C=O) groups is 1. The molecule has 1 amide bonds. The number of carbonyl (C=O) groups excluding carboxylic acids is 1. The van der Waals surface area contributed by atoms with Gasteiger partial charge in [-0.25, -0.2) is 8.42 Å². The minimum atomic E-state index is -3.50. The highest BCUT2D eigenvalue weighted by atomic mass is 32.2. The van der Waals surface area contributed by atoms with Crippen LogP contribution in [0.25, 0.3) is 0 Å². The first-order valence-corrected chi connectivity index (χ1v) is 12.6. The molecule has 0 unspecified atom stereocenters. The summed E-state index contributed by atoms with van der Waals surface area (Å²) in [5.41, 5.74) is 3.53. The van der Waals surface area contributed by atoms with Crippen molar-refractivity contribution >= 4 is 15.9 Å². The molecule has 6 nitrogen and oxygen atoms in total. The molecule has 31 heavy (non-hydrogen) atoms. The number of hydrogen-bond donors (Lipinski definition) is 1. The number of benzene rings is 2. The maximum Gasteiger partial charge on any atom is 0.243 e. The summed E-state index contributed by atoms with van der Waals surface area (Å²) < 4.78 is 27.8. The van der Waals surface area contributed by atoms with Gasteiger partial charge in [0.2, 0.25) is 15.9 Å². The van der Waals surface area contributed by atoms with Gasteiger partial charge in [-0.3, -0.25) is 9.69 Å². The average molecular weight is 442 g/mol. The smallest absolute Gasteiger partial charge is 0.243 e. The van der Waals surface area contributed by atoms with Gasteiger partial charge in [0.15, 0.2) is 0 Å². The first kappa shape index (κ1) is 22.0. The summed E-state index contributed by atoms with van der Waals surface area (Å²) in [5, 5.41) is 3.03. The van der Waals surface area contributed by atoms with Crippen molar-refractivity contribution < 1.29 is 13.2 Å². The van der Waals surface area contributed by atoms with Gasteiger partial charge < -0.3 is 5.32 Å². The molecule has 1 saturated heterocycles. The van der Waals surface area contributed by atoms with Gasteiger partial charge in [-0.2, -0.15) is 4.31 Å². The van der Waals surface area contributed by atoms with Crippen molar-refractivity contribution in [1.82, 2.24) is 14.5 Å². The molecular weight excluding hydrogens is 410 g/mol. The van der Waals surface area contributed by atoms with E-state index in [0.29, 0.717) is 31.1 Å². The molecule has 1 aliphatic heterocycles. The molecule has 1 N–H and O–H groups in total. The molecule has 0 aromatic heterocycles. The van der Waals surface area contributed by atoms with Gasteiger partial charge in [0.1, 0.15) is 0 Å². The Hall–Kier alpha value is -2.22. The minimum Gasteiger partial charge on any atom is -0.348 e. The van der Waals surface area contributed by atoms with E-state index >= 15 is 0 Å². The summed E-state index contributed by atoms with van der Waals surface area (Å²) in [6, 6.07) is 15.4. The number of rotatable bonds is 6. The zero-order chi connectivity index (χ0) is 21.8. The second-order valence-electron chi connectivity index (χ2n) is 8.52. The van der Waals surface area contributed by atoms with Crippen LogP contribution in [-0.2, 0) is 27.7 Å². The van der Waals surface area contributed by atoms with E-state index in [4.69, 9.17) is 0 Å². The number of piperazine rings is 1. The van der Waals surface area contributed by atoms with Gasteiger partial charge in [-0.05, 0) is 61.4 Å². The lowest BCUT2D eigenvalue weighted by Crippen LogP contribution is -2.51. The van der Waals surface area contributed by atoms with Crippen LogP contribution in [0.15, 0.2) is 53.4 Å². The standard InChI is InChI=1S/C24H31N3O3S/c1-19(20-7-3-2-4-8-20)25-24(28)18-26-13-15-27(16-14-26)31(29,30)23-12-11-21-9-5-6-10-22(21)17-23/h2-4,7-8,11-12,17,19H,5-6,9-10,13-16,18H2,1H3,(H,25,28)/t19-/m0/s1. The number of nitrogens with zero attached hydrogens (tertiary/aromatic N) is 2. The van der Waals surface area contributed by atoms with Crippen molar-refractivity contribution in [2.45, 2.75) is 43.5 Å². The Kier molecular flexibility index (Phi) is 6.74. The Bertz CT molecular complexity index is 1020. The topological polar surface area (TPSA) is 69.7 Å². The van der Waals surface area contributed by atoms with Crippen LogP contribution in [0.3, 0.4) is 0 Å². The highest BCUT2D eigenvalue weighted by molar-refractivity contribution is 7.89. The van der Waals surface area contributed by atoms with Crippen molar-refractivity contribution in [2.75, 3.05) is 32.7 Å². The molecule has 2 aliphatic rings. The van der Waals surface area contributed by atoms with E-state index in [1.165, 1.54) is 17.5 Å². The molecule has 166 valence electrons. The first-order valence-electron chi connectivity index (χ1n) is 11.1. The van der Waals surface area contributed by atoms with Crippen LogP contribution in [0.1, 0.15) is 42.5 Å². The van der Waals surface area contributed by atoms with Crippen molar-refractivity contribution in [3.63, 3.8) is 0 Å². The third kappa shape index (κ3) is 5.17. The number of hydrogen-bond acceptors (Lipinski definition) is 4. The van der Waals surface area contributed by atoms with Gasteiger partial charge in [0, 0.05) is 26.2 Å². The van der Waals surface area contributed by atoms with Gasteiger partial charge >= 0.3 is 0 Å². The number of nitrogens with one attached hydrogen (secondary N) is 1. The van der Waals surface area contributed by atoms with Crippen LogP contribution in [0.2, 0.25) is 0 Å². The van der Waals surface area contributed by atoms with Gasteiger partial charge in [0.05, 0.1) is 17.5 Å². The molecule has 0 bridgehead atoms. The number of aryl methyl sites for hydroxylation is 2. The SMILES string of the molecule is C[C@H](NC(=O)CN1CCN(S(=O)(=O)c2ccc3c(c2)CCCC3)CC1)c1ccccc1. The van der Waals surface area contributed by atoms with E-state index < -0.39 is 10.0 Å². The van der Waals surface area contributed by atoms with Crippen LogP contribution < -0.4 is 5.32 Å². The normalized spacial score (nSPS) is 18.9. The van der Waals surface area contributed by atoms with Crippen LogP contribution in [0, 0.1) is 0 Å². The fourth-order valence-electron chi connectivity index (χ4n) is 4.46. The predicted molar refractivity (Wildman–Crippen MR) is 121 cm³/mol. The highest BCUT2D eigenvalue weighted by Gasteiger charge is 2.30. The molecule has 1 heterocycles. The second-order valence-corrected chi connectivity index (χ2v) is 10.5. The molecule has 0 spiro atoms. The summed E-state index contributed by atoms with van der Waals surface area (Å²) in [5.74, 6) is -0.0395.